The van der Waals surface area contributed by atoms with Gasteiger partial charge in [0.25, 0.3) is 0 Å². The molecule has 0 aliphatic carbocycles. The number of halogens is 4. The van der Waals surface area contributed by atoms with Crippen LogP contribution in [-0.2, 0) is 12.6 Å². The summed E-state index contributed by atoms with van der Waals surface area (Å²) < 4.78 is 42.7. The first kappa shape index (κ1) is 17.9. The van der Waals surface area contributed by atoms with Gasteiger partial charge in [0.15, 0.2) is 0 Å². The van der Waals surface area contributed by atoms with E-state index < -0.39 is 11.7 Å². The summed E-state index contributed by atoms with van der Waals surface area (Å²) in [5.74, 6) is 0.100. The molecule has 0 unspecified atom stereocenters. The molecule has 3 nitrogen and oxygen atoms in total. The predicted octanol–water partition coefficient (Wildman–Crippen LogP) is 6.28. The minimum absolute atomic E-state index is 0.00545. The lowest BCUT2D eigenvalue weighted by molar-refractivity contribution is -0.137. The minimum atomic E-state index is -4.51. The fourth-order valence-corrected chi connectivity index (χ4v) is 3.68. The highest BCUT2D eigenvalue weighted by atomic mass is 35.5. The molecule has 1 aromatic carbocycles. The SMILES string of the molecule is C=C1Cc2cc(-c3c(C(F)(F)F)ccc4cc(C(C)C)nn34)cc(Cl)c2N1. The van der Waals surface area contributed by atoms with Gasteiger partial charge in [0.1, 0.15) is 0 Å². The van der Waals surface area contributed by atoms with Gasteiger partial charge in [-0.3, -0.25) is 0 Å². The maximum Gasteiger partial charge on any atom is 0.418 e. The number of hydrogen-bond acceptors (Lipinski definition) is 2. The highest BCUT2D eigenvalue weighted by Crippen LogP contribution is 2.42. The third kappa shape index (κ3) is 2.98. The number of anilines is 1. The van der Waals surface area contributed by atoms with Crippen molar-refractivity contribution in [2.75, 3.05) is 5.32 Å². The van der Waals surface area contributed by atoms with Gasteiger partial charge in [-0.1, -0.05) is 32.0 Å². The molecule has 4 rings (SSSR count). The fourth-order valence-electron chi connectivity index (χ4n) is 3.39. The lowest BCUT2D eigenvalue weighted by Crippen LogP contribution is -2.11. The zero-order valence-corrected chi connectivity index (χ0v) is 15.5. The third-order valence-corrected chi connectivity index (χ3v) is 4.99. The van der Waals surface area contributed by atoms with Crippen molar-refractivity contribution in [1.82, 2.24) is 9.61 Å². The summed E-state index contributed by atoms with van der Waals surface area (Å²) in [6.07, 6.45) is -3.99. The van der Waals surface area contributed by atoms with E-state index in [1.807, 2.05) is 19.9 Å². The van der Waals surface area contributed by atoms with Crippen LogP contribution in [0.1, 0.15) is 36.6 Å². The Morgan fingerprint density at radius 2 is 1.96 bits per heavy atom. The van der Waals surface area contributed by atoms with Crippen molar-refractivity contribution in [3.8, 4) is 11.3 Å². The standard InChI is InChI=1S/C20H17ClF3N3/c1-10(2)17-9-14-4-5-15(20(22,23)24)19(27(14)26-17)13-7-12-6-11(3)25-18(12)16(21)8-13/h4-5,7-10,25H,3,6H2,1-2H3. The van der Waals surface area contributed by atoms with E-state index in [4.69, 9.17) is 11.6 Å². The van der Waals surface area contributed by atoms with E-state index in [1.54, 1.807) is 12.1 Å². The van der Waals surface area contributed by atoms with Crippen molar-refractivity contribution in [2.24, 2.45) is 0 Å². The molecule has 0 spiro atoms. The van der Waals surface area contributed by atoms with Gasteiger partial charge in [0, 0.05) is 17.7 Å². The molecule has 0 saturated heterocycles. The molecule has 1 N–H and O–H groups in total. The zero-order chi connectivity index (χ0) is 19.5. The number of benzene rings is 1. The largest absolute Gasteiger partial charge is 0.418 e. The molecule has 0 amide bonds. The number of nitrogens with zero attached hydrogens (tertiary/aromatic N) is 2. The number of allylic oxidation sites excluding steroid dienone is 1. The molecule has 1 aliphatic rings. The lowest BCUT2D eigenvalue weighted by Gasteiger charge is -2.16. The molecule has 0 saturated carbocycles. The molecule has 1 aliphatic heterocycles. The number of alkyl halides is 3. The van der Waals surface area contributed by atoms with Gasteiger partial charge >= 0.3 is 6.18 Å². The van der Waals surface area contributed by atoms with Crippen molar-refractivity contribution < 1.29 is 13.2 Å². The Morgan fingerprint density at radius 1 is 1.22 bits per heavy atom. The Labute approximate surface area is 159 Å². The van der Waals surface area contributed by atoms with E-state index in [0.717, 1.165) is 23.0 Å². The maximum absolute atomic E-state index is 13.8. The third-order valence-electron chi connectivity index (χ3n) is 4.69. The van der Waals surface area contributed by atoms with Crippen LogP contribution in [0, 0.1) is 0 Å². The zero-order valence-electron chi connectivity index (χ0n) is 14.8. The van der Waals surface area contributed by atoms with Gasteiger partial charge in [-0.25, -0.2) is 4.52 Å². The summed E-state index contributed by atoms with van der Waals surface area (Å²) in [6.45, 7) is 7.78. The van der Waals surface area contributed by atoms with Crippen LogP contribution < -0.4 is 5.32 Å². The molecule has 7 heteroatoms. The van der Waals surface area contributed by atoms with Crippen LogP contribution in [-0.4, -0.2) is 9.61 Å². The molecule has 0 radical (unpaired) electrons. The van der Waals surface area contributed by atoms with Crippen LogP contribution in [0.2, 0.25) is 5.02 Å². The Balaban J connectivity index is 2.04. The lowest BCUT2D eigenvalue weighted by atomic mass is 10.0. The summed E-state index contributed by atoms with van der Waals surface area (Å²) >= 11 is 6.35. The number of pyridine rings is 1. The first-order chi connectivity index (χ1) is 12.6. The normalized spacial score (nSPS) is 14.1. The minimum Gasteiger partial charge on any atom is -0.358 e. The van der Waals surface area contributed by atoms with Crippen LogP contribution >= 0.6 is 11.6 Å². The quantitative estimate of drug-likeness (QED) is 0.557. The Morgan fingerprint density at radius 3 is 2.63 bits per heavy atom. The molecule has 3 heterocycles. The van der Waals surface area contributed by atoms with E-state index in [1.165, 1.54) is 10.6 Å². The van der Waals surface area contributed by atoms with Gasteiger partial charge in [-0.05, 0) is 41.8 Å². The molecule has 0 atom stereocenters. The summed E-state index contributed by atoms with van der Waals surface area (Å²) in [7, 11) is 0. The molecular weight excluding hydrogens is 375 g/mol. The maximum atomic E-state index is 13.8. The van der Waals surface area contributed by atoms with Gasteiger partial charge in [0.2, 0.25) is 0 Å². The molecule has 2 aromatic heterocycles. The van der Waals surface area contributed by atoms with Gasteiger partial charge in [0.05, 0.1) is 33.2 Å². The fraction of sp³-hybridized carbons (Fsp3) is 0.250. The number of aromatic nitrogens is 2. The number of hydrogen-bond donors (Lipinski definition) is 1. The second-order valence-electron chi connectivity index (χ2n) is 7.05. The molecule has 3 aromatic rings. The van der Waals surface area contributed by atoms with Crippen LogP contribution in [0.3, 0.4) is 0 Å². The second kappa shape index (κ2) is 6.02. The van der Waals surface area contributed by atoms with E-state index in [-0.39, 0.29) is 11.6 Å². The van der Waals surface area contributed by atoms with Crippen molar-refractivity contribution in [3.63, 3.8) is 0 Å². The Bertz CT molecular complexity index is 1080. The van der Waals surface area contributed by atoms with E-state index in [0.29, 0.717) is 28.2 Å². The summed E-state index contributed by atoms with van der Waals surface area (Å²) in [5.41, 5.74) is 3.27. The van der Waals surface area contributed by atoms with Crippen LogP contribution in [0.4, 0.5) is 18.9 Å². The average Bonchev–Trinajstić information content (AvgIpc) is 3.15. The van der Waals surface area contributed by atoms with Crippen molar-refractivity contribution in [2.45, 2.75) is 32.4 Å². The highest BCUT2D eigenvalue weighted by Gasteiger charge is 2.36. The number of nitrogens with one attached hydrogen (secondary N) is 1. The molecule has 27 heavy (non-hydrogen) atoms. The molecule has 0 fully saturated rings. The van der Waals surface area contributed by atoms with Crippen molar-refractivity contribution in [1.29, 1.82) is 0 Å². The first-order valence-corrected chi connectivity index (χ1v) is 8.90. The second-order valence-corrected chi connectivity index (χ2v) is 7.46. The Hall–Kier alpha value is -2.47. The van der Waals surface area contributed by atoms with Crippen LogP contribution in [0.15, 0.2) is 42.6 Å². The topological polar surface area (TPSA) is 29.3 Å². The van der Waals surface area contributed by atoms with Gasteiger partial charge in [-0.2, -0.15) is 18.3 Å². The summed E-state index contributed by atoms with van der Waals surface area (Å²) in [5, 5.41) is 7.88. The number of rotatable bonds is 2. The van der Waals surface area contributed by atoms with E-state index >= 15 is 0 Å². The average molecular weight is 392 g/mol. The van der Waals surface area contributed by atoms with Crippen LogP contribution in [0.5, 0.6) is 0 Å². The Kier molecular flexibility index (Phi) is 4.00. The number of fused-ring (bicyclic) bond motifs is 2. The highest BCUT2D eigenvalue weighted by molar-refractivity contribution is 6.34. The van der Waals surface area contributed by atoms with Gasteiger partial charge in [-0.15, -0.1) is 0 Å². The summed E-state index contributed by atoms with van der Waals surface area (Å²) in [4.78, 5) is 0. The van der Waals surface area contributed by atoms with E-state index in [9.17, 15) is 13.2 Å². The van der Waals surface area contributed by atoms with Crippen molar-refractivity contribution >= 4 is 22.8 Å². The van der Waals surface area contributed by atoms with E-state index in [2.05, 4.69) is 17.0 Å². The first-order valence-electron chi connectivity index (χ1n) is 8.52. The van der Waals surface area contributed by atoms with Crippen molar-refractivity contribution in [3.05, 3.63) is 64.5 Å². The molecule has 0 bridgehead atoms. The monoisotopic (exact) mass is 391 g/mol. The predicted molar refractivity (Wildman–Crippen MR) is 101 cm³/mol. The summed E-state index contributed by atoms with van der Waals surface area (Å²) in [6, 6.07) is 7.64. The smallest absolute Gasteiger partial charge is 0.358 e. The molecule has 140 valence electrons. The van der Waals surface area contributed by atoms with Gasteiger partial charge < -0.3 is 5.32 Å². The molecular formula is C20H17ClF3N3. The van der Waals surface area contributed by atoms with Crippen LogP contribution in [0.25, 0.3) is 16.8 Å².